The number of hydrogen-bond acceptors (Lipinski definition) is 2. The molecule has 2 rings (SSSR count). The molecule has 24 heavy (non-hydrogen) atoms. The first-order chi connectivity index (χ1) is 11.7. The topological polar surface area (TPSA) is 45.6 Å². The molecule has 5 heteroatoms. The molecular weight excluding hydrogens is 305 g/mol. The summed E-state index contributed by atoms with van der Waals surface area (Å²) in [5, 5.41) is 6.77. The summed E-state index contributed by atoms with van der Waals surface area (Å²) in [5.41, 5.74) is 1.36. The minimum atomic E-state index is -0.210. The van der Waals surface area contributed by atoms with Gasteiger partial charge in [-0.1, -0.05) is 25.0 Å². The Kier molecular flexibility index (Phi) is 7.50. The monoisotopic (exact) mass is 335 g/mol. The molecule has 0 aliphatic heterocycles. The summed E-state index contributed by atoms with van der Waals surface area (Å²) in [7, 11) is 1.78. The zero-order valence-electron chi connectivity index (χ0n) is 14.9. The van der Waals surface area contributed by atoms with E-state index in [4.69, 9.17) is 4.74 Å². The van der Waals surface area contributed by atoms with Gasteiger partial charge in [0.25, 0.3) is 0 Å². The van der Waals surface area contributed by atoms with Gasteiger partial charge in [0.1, 0.15) is 5.82 Å². The van der Waals surface area contributed by atoms with Gasteiger partial charge in [-0.25, -0.2) is 4.39 Å². The standard InChI is InChI=1S/C19H30FN3O/c1-3-24-13-12-19(10-4-5-11-19)15-23-18(21-2)22-14-16-6-8-17(20)9-7-16/h6-9H,3-5,10-15H2,1-2H3,(H2,21,22,23). The lowest BCUT2D eigenvalue weighted by Crippen LogP contribution is -2.43. The Labute approximate surface area is 144 Å². The van der Waals surface area contributed by atoms with E-state index >= 15 is 0 Å². The van der Waals surface area contributed by atoms with Gasteiger partial charge in [-0.05, 0) is 49.3 Å². The molecule has 1 fully saturated rings. The van der Waals surface area contributed by atoms with E-state index < -0.39 is 0 Å². The molecule has 1 aromatic rings. The fraction of sp³-hybridized carbons (Fsp3) is 0.632. The fourth-order valence-corrected chi connectivity index (χ4v) is 3.35. The number of benzene rings is 1. The van der Waals surface area contributed by atoms with Crippen molar-refractivity contribution in [3.8, 4) is 0 Å². The highest BCUT2D eigenvalue weighted by Gasteiger charge is 2.33. The summed E-state index contributed by atoms with van der Waals surface area (Å²) in [6.07, 6.45) is 6.21. The summed E-state index contributed by atoms with van der Waals surface area (Å²) < 4.78 is 18.5. The normalized spacial score (nSPS) is 17.0. The van der Waals surface area contributed by atoms with E-state index in [0.717, 1.165) is 37.7 Å². The molecule has 0 atom stereocenters. The van der Waals surface area contributed by atoms with E-state index in [9.17, 15) is 4.39 Å². The van der Waals surface area contributed by atoms with Crippen LogP contribution in [-0.4, -0.2) is 32.8 Å². The van der Waals surface area contributed by atoms with Crippen molar-refractivity contribution in [3.63, 3.8) is 0 Å². The second-order valence-electron chi connectivity index (χ2n) is 6.56. The summed E-state index contributed by atoms with van der Waals surface area (Å²) in [6.45, 7) is 5.21. The highest BCUT2D eigenvalue weighted by molar-refractivity contribution is 5.79. The molecule has 0 aromatic heterocycles. The summed E-state index contributed by atoms with van der Waals surface area (Å²) in [5.74, 6) is 0.584. The molecule has 0 unspecified atom stereocenters. The molecule has 4 nitrogen and oxygen atoms in total. The first-order valence-corrected chi connectivity index (χ1v) is 8.94. The number of hydrogen-bond donors (Lipinski definition) is 2. The molecule has 1 aromatic carbocycles. The third-order valence-corrected chi connectivity index (χ3v) is 4.87. The zero-order valence-corrected chi connectivity index (χ0v) is 14.9. The lowest BCUT2D eigenvalue weighted by atomic mass is 9.83. The van der Waals surface area contributed by atoms with E-state index in [1.165, 1.54) is 37.8 Å². The number of halogens is 1. The zero-order chi connectivity index (χ0) is 17.3. The molecule has 0 bridgehead atoms. The number of ether oxygens (including phenoxy) is 1. The second kappa shape index (κ2) is 9.62. The minimum Gasteiger partial charge on any atom is -0.382 e. The average Bonchev–Trinajstić information content (AvgIpc) is 3.06. The van der Waals surface area contributed by atoms with Crippen molar-refractivity contribution in [3.05, 3.63) is 35.6 Å². The molecule has 134 valence electrons. The van der Waals surface area contributed by atoms with Gasteiger partial charge in [-0.3, -0.25) is 4.99 Å². The molecule has 1 aliphatic carbocycles. The number of rotatable bonds is 8. The van der Waals surface area contributed by atoms with Crippen molar-refractivity contribution in [2.75, 3.05) is 26.8 Å². The third kappa shape index (κ3) is 5.78. The van der Waals surface area contributed by atoms with Gasteiger partial charge in [-0.15, -0.1) is 0 Å². The lowest BCUT2D eigenvalue weighted by Gasteiger charge is -2.30. The summed E-state index contributed by atoms with van der Waals surface area (Å²) in [6, 6.07) is 6.54. The largest absolute Gasteiger partial charge is 0.382 e. The van der Waals surface area contributed by atoms with Crippen LogP contribution in [0.3, 0.4) is 0 Å². The molecule has 0 radical (unpaired) electrons. The Morgan fingerprint density at radius 1 is 1.21 bits per heavy atom. The lowest BCUT2D eigenvalue weighted by molar-refractivity contribution is 0.105. The van der Waals surface area contributed by atoms with Crippen molar-refractivity contribution >= 4 is 5.96 Å². The van der Waals surface area contributed by atoms with Crippen molar-refractivity contribution in [1.29, 1.82) is 0 Å². The van der Waals surface area contributed by atoms with Gasteiger partial charge >= 0.3 is 0 Å². The van der Waals surface area contributed by atoms with E-state index in [1.807, 2.05) is 6.92 Å². The summed E-state index contributed by atoms with van der Waals surface area (Å²) in [4.78, 5) is 4.30. The molecular formula is C19H30FN3O. The van der Waals surface area contributed by atoms with Crippen molar-refractivity contribution in [2.45, 2.75) is 45.6 Å². The first kappa shape index (κ1) is 18.7. The van der Waals surface area contributed by atoms with Crippen LogP contribution in [0.25, 0.3) is 0 Å². The molecule has 2 N–H and O–H groups in total. The van der Waals surface area contributed by atoms with Crippen molar-refractivity contribution in [1.82, 2.24) is 10.6 Å². The van der Waals surface area contributed by atoms with Crippen molar-refractivity contribution < 1.29 is 9.13 Å². The maximum absolute atomic E-state index is 12.9. The number of nitrogens with zero attached hydrogens (tertiary/aromatic N) is 1. The van der Waals surface area contributed by atoms with E-state index in [1.54, 1.807) is 19.2 Å². The minimum absolute atomic E-state index is 0.210. The number of aliphatic imine (C=N–C) groups is 1. The van der Waals surface area contributed by atoms with Gasteiger partial charge in [0, 0.05) is 33.4 Å². The van der Waals surface area contributed by atoms with Crippen LogP contribution in [0.1, 0.15) is 44.6 Å². The van der Waals surface area contributed by atoms with Crippen LogP contribution in [0, 0.1) is 11.2 Å². The van der Waals surface area contributed by atoms with Crippen LogP contribution >= 0.6 is 0 Å². The van der Waals surface area contributed by atoms with Crippen LogP contribution in [0.5, 0.6) is 0 Å². The Hall–Kier alpha value is -1.62. The highest BCUT2D eigenvalue weighted by Crippen LogP contribution is 2.40. The first-order valence-electron chi connectivity index (χ1n) is 8.94. The smallest absolute Gasteiger partial charge is 0.191 e. The quantitative estimate of drug-likeness (QED) is 0.434. The molecule has 0 saturated heterocycles. The summed E-state index contributed by atoms with van der Waals surface area (Å²) >= 11 is 0. The molecule has 0 amide bonds. The maximum atomic E-state index is 12.9. The molecule has 1 saturated carbocycles. The van der Waals surface area contributed by atoms with Crippen LogP contribution in [0.4, 0.5) is 4.39 Å². The maximum Gasteiger partial charge on any atom is 0.191 e. The van der Waals surface area contributed by atoms with E-state index in [0.29, 0.717) is 12.0 Å². The second-order valence-corrected chi connectivity index (χ2v) is 6.56. The SMILES string of the molecule is CCOCCC1(CNC(=NC)NCc2ccc(F)cc2)CCCC1. The van der Waals surface area contributed by atoms with Crippen LogP contribution < -0.4 is 10.6 Å². The van der Waals surface area contributed by atoms with Crippen LogP contribution in [0.2, 0.25) is 0 Å². The van der Waals surface area contributed by atoms with Gasteiger partial charge in [0.15, 0.2) is 5.96 Å². The van der Waals surface area contributed by atoms with Gasteiger partial charge in [-0.2, -0.15) is 0 Å². The van der Waals surface area contributed by atoms with Gasteiger partial charge < -0.3 is 15.4 Å². The number of guanidine groups is 1. The van der Waals surface area contributed by atoms with Crippen LogP contribution in [0.15, 0.2) is 29.3 Å². The van der Waals surface area contributed by atoms with E-state index in [-0.39, 0.29) is 5.82 Å². The predicted molar refractivity (Wildman–Crippen MR) is 96.6 cm³/mol. The van der Waals surface area contributed by atoms with Gasteiger partial charge in [0.05, 0.1) is 0 Å². The predicted octanol–water partition coefficient (Wildman–Crippen LogP) is 3.48. The Morgan fingerprint density at radius 2 is 1.92 bits per heavy atom. The fourth-order valence-electron chi connectivity index (χ4n) is 3.35. The van der Waals surface area contributed by atoms with Gasteiger partial charge in [0.2, 0.25) is 0 Å². The molecule has 0 heterocycles. The average molecular weight is 335 g/mol. The number of nitrogens with one attached hydrogen (secondary N) is 2. The van der Waals surface area contributed by atoms with E-state index in [2.05, 4.69) is 15.6 Å². The molecule has 0 spiro atoms. The van der Waals surface area contributed by atoms with Crippen molar-refractivity contribution in [2.24, 2.45) is 10.4 Å². The highest BCUT2D eigenvalue weighted by atomic mass is 19.1. The Morgan fingerprint density at radius 3 is 2.54 bits per heavy atom. The Balaban J connectivity index is 1.81. The van der Waals surface area contributed by atoms with Crippen LogP contribution in [-0.2, 0) is 11.3 Å². The molecule has 1 aliphatic rings. The third-order valence-electron chi connectivity index (χ3n) is 4.87. The Bertz CT molecular complexity index is 510.